The Kier molecular flexibility index (Phi) is 7.43. The van der Waals surface area contributed by atoms with Gasteiger partial charge < -0.3 is 15.5 Å². The van der Waals surface area contributed by atoms with E-state index >= 15 is 0 Å². The van der Waals surface area contributed by atoms with E-state index < -0.39 is 28.8 Å². The molecule has 2 unspecified atom stereocenters. The Morgan fingerprint density at radius 3 is 2.57 bits per heavy atom. The number of aryl methyl sites for hydroxylation is 2. The van der Waals surface area contributed by atoms with Crippen LogP contribution in [0.2, 0.25) is 0 Å². The van der Waals surface area contributed by atoms with Gasteiger partial charge in [0.25, 0.3) is 0 Å². The SMILES string of the molecule is Cc1cc(-c2scnc2C)ccc1CNC(=O)C1CCCN1C(=O)C(NC(=O)C1(C#N)CC1)C(C)(C)C. The number of likely N-dealkylation sites (tertiary alicyclic amines) is 1. The Bertz CT molecular complexity index is 1250. The van der Waals surface area contributed by atoms with E-state index in [9.17, 15) is 19.6 Å². The standard InChI is InChI=1S/C28H35N5O3S/c1-17-13-19(22-18(2)31-16-37-22)8-9-20(17)14-30-24(34)21-7-6-12-33(21)25(35)23(27(3,4)5)32-26(36)28(15-29)10-11-28/h8-9,13,16,21,23H,6-7,10-12,14H2,1-5H3,(H,30,34)(H,32,36). The van der Waals surface area contributed by atoms with Crippen molar-refractivity contribution in [3.63, 3.8) is 0 Å². The summed E-state index contributed by atoms with van der Waals surface area (Å²) in [7, 11) is 0. The van der Waals surface area contributed by atoms with Gasteiger partial charge in [-0.3, -0.25) is 14.4 Å². The fraction of sp³-hybridized carbons (Fsp3) is 0.536. The minimum Gasteiger partial charge on any atom is -0.350 e. The normalized spacial score (nSPS) is 19.1. The predicted molar refractivity (Wildman–Crippen MR) is 142 cm³/mol. The molecule has 2 heterocycles. The number of carbonyl (C=O) groups is 3. The van der Waals surface area contributed by atoms with Crippen LogP contribution in [0.15, 0.2) is 23.7 Å². The van der Waals surface area contributed by atoms with Crippen molar-refractivity contribution >= 4 is 29.1 Å². The summed E-state index contributed by atoms with van der Waals surface area (Å²) < 4.78 is 0. The number of amides is 3. The zero-order chi connectivity index (χ0) is 27.0. The smallest absolute Gasteiger partial charge is 0.246 e. The zero-order valence-corrected chi connectivity index (χ0v) is 23.0. The van der Waals surface area contributed by atoms with Gasteiger partial charge in [-0.25, -0.2) is 4.98 Å². The minimum atomic E-state index is -1.02. The van der Waals surface area contributed by atoms with Crippen LogP contribution in [-0.2, 0) is 20.9 Å². The number of rotatable bonds is 7. The van der Waals surface area contributed by atoms with Gasteiger partial charge in [-0.1, -0.05) is 39.0 Å². The van der Waals surface area contributed by atoms with E-state index in [1.165, 1.54) is 0 Å². The first-order valence-electron chi connectivity index (χ1n) is 12.8. The molecule has 3 amide bonds. The maximum atomic E-state index is 13.6. The number of nitrogens with zero attached hydrogens (tertiary/aromatic N) is 3. The molecule has 37 heavy (non-hydrogen) atoms. The van der Waals surface area contributed by atoms with Crippen LogP contribution in [0.4, 0.5) is 0 Å². The van der Waals surface area contributed by atoms with E-state index in [0.29, 0.717) is 32.4 Å². The molecular formula is C28H35N5O3S. The van der Waals surface area contributed by atoms with Crippen LogP contribution in [0.1, 0.15) is 63.3 Å². The summed E-state index contributed by atoms with van der Waals surface area (Å²) in [6, 6.07) is 6.87. The lowest BCUT2D eigenvalue weighted by molar-refractivity contribution is -0.144. The fourth-order valence-corrected chi connectivity index (χ4v) is 5.62. The number of nitriles is 1. The molecule has 1 aromatic carbocycles. The molecule has 2 aromatic rings. The third kappa shape index (κ3) is 5.54. The van der Waals surface area contributed by atoms with E-state index in [1.807, 2.05) is 52.3 Å². The lowest BCUT2D eigenvalue weighted by atomic mass is 9.85. The van der Waals surface area contributed by atoms with Crippen LogP contribution in [0.5, 0.6) is 0 Å². The molecule has 2 aliphatic rings. The molecule has 4 rings (SSSR count). The highest BCUT2D eigenvalue weighted by atomic mass is 32.1. The second-order valence-electron chi connectivity index (χ2n) is 11.3. The molecule has 1 aromatic heterocycles. The number of thiazole rings is 1. The molecule has 0 bridgehead atoms. The lowest BCUT2D eigenvalue weighted by Crippen LogP contribution is -2.58. The first kappa shape index (κ1) is 26.8. The van der Waals surface area contributed by atoms with Gasteiger partial charge in [0, 0.05) is 13.1 Å². The number of carbonyl (C=O) groups excluding carboxylic acids is 3. The highest BCUT2D eigenvalue weighted by Crippen LogP contribution is 2.45. The quantitative estimate of drug-likeness (QED) is 0.574. The van der Waals surface area contributed by atoms with Crippen molar-refractivity contribution in [1.82, 2.24) is 20.5 Å². The lowest BCUT2D eigenvalue weighted by Gasteiger charge is -2.35. The van der Waals surface area contributed by atoms with Crippen molar-refractivity contribution in [1.29, 1.82) is 5.26 Å². The molecule has 0 radical (unpaired) electrons. The fourth-order valence-electron chi connectivity index (χ4n) is 4.82. The van der Waals surface area contributed by atoms with Gasteiger partial charge in [0.1, 0.15) is 17.5 Å². The summed E-state index contributed by atoms with van der Waals surface area (Å²) >= 11 is 1.61. The van der Waals surface area contributed by atoms with Gasteiger partial charge in [-0.05, 0) is 61.6 Å². The van der Waals surface area contributed by atoms with Gasteiger partial charge >= 0.3 is 0 Å². The van der Waals surface area contributed by atoms with Gasteiger partial charge in [-0.15, -0.1) is 11.3 Å². The largest absolute Gasteiger partial charge is 0.350 e. The van der Waals surface area contributed by atoms with E-state index in [-0.39, 0.29) is 11.8 Å². The van der Waals surface area contributed by atoms with E-state index in [4.69, 9.17) is 0 Å². The van der Waals surface area contributed by atoms with Crippen molar-refractivity contribution in [2.24, 2.45) is 10.8 Å². The summed E-state index contributed by atoms with van der Waals surface area (Å²) in [6.45, 7) is 10.5. The van der Waals surface area contributed by atoms with Crippen LogP contribution in [-0.4, -0.2) is 46.2 Å². The maximum absolute atomic E-state index is 13.6. The molecule has 0 spiro atoms. The number of aromatic nitrogens is 1. The second kappa shape index (κ2) is 10.3. The zero-order valence-electron chi connectivity index (χ0n) is 22.2. The molecule has 2 N–H and O–H groups in total. The van der Waals surface area contributed by atoms with Gasteiger partial charge in [0.15, 0.2) is 0 Å². The highest BCUT2D eigenvalue weighted by molar-refractivity contribution is 7.13. The molecule has 1 aliphatic heterocycles. The van der Waals surface area contributed by atoms with E-state index in [1.54, 1.807) is 16.2 Å². The first-order chi connectivity index (χ1) is 17.5. The van der Waals surface area contributed by atoms with Crippen molar-refractivity contribution in [2.75, 3.05) is 6.54 Å². The van der Waals surface area contributed by atoms with Crippen molar-refractivity contribution in [3.05, 3.63) is 40.5 Å². The van der Waals surface area contributed by atoms with Crippen molar-refractivity contribution in [3.8, 4) is 16.5 Å². The third-order valence-corrected chi connectivity index (χ3v) is 8.41. The van der Waals surface area contributed by atoms with Crippen LogP contribution >= 0.6 is 11.3 Å². The summed E-state index contributed by atoms with van der Waals surface area (Å²) in [5.41, 5.74) is 4.45. The molecule has 2 atom stereocenters. The second-order valence-corrected chi connectivity index (χ2v) is 12.1. The maximum Gasteiger partial charge on any atom is 0.246 e. The molecule has 196 valence electrons. The van der Waals surface area contributed by atoms with Crippen LogP contribution in [0, 0.1) is 36.0 Å². The monoisotopic (exact) mass is 521 g/mol. The minimum absolute atomic E-state index is 0.192. The highest BCUT2D eigenvalue weighted by Gasteiger charge is 2.53. The molecule has 1 aliphatic carbocycles. The molecule has 1 saturated carbocycles. The average Bonchev–Trinajstić information content (AvgIpc) is 3.28. The molecule has 8 nitrogen and oxygen atoms in total. The van der Waals surface area contributed by atoms with Gasteiger partial charge in [-0.2, -0.15) is 5.26 Å². The van der Waals surface area contributed by atoms with Gasteiger partial charge in [0.2, 0.25) is 17.7 Å². The Labute approximate surface area is 222 Å². The summed E-state index contributed by atoms with van der Waals surface area (Å²) in [5.74, 6) is -0.856. The summed E-state index contributed by atoms with van der Waals surface area (Å²) in [6.07, 6.45) is 2.32. The summed E-state index contributed by atoms with van der Waals surface area (Å²) in [5, 5.41) is 15.3. The number of hydrogen-bond acceptors (Lipinski definition) is 6. The molecule has 9 heteroatoms. The van der Waals surface area contributed by atoms with Crippen LogP contribution in [0.3, 0.4) is 0 Å². The number of nitrogens with one attached hydrogen (secondary N) is 2. The number of benzene rings is 1. The van der Waals surface area contributed by atoms with E-state index in [2.05, 4.69) is 27.8 Å². The Hall–Kier alpha value is -3.25. The molecule has 1 saturated heterocycles. The van der Waals surface area contributed by atoms with E-state index in [0.717, 1.165) is 33.7 Å². The third-order valence-electron chi connectivity index (χ3n) is 7.43. The Morgan fingerprint density at radius 2 is 2.00 bits per heavy atom. The summed E-state index contributed by atoms with van der Waals surface area (Å²) in [4.78, 5) is 46.7. The average molecular weight is 522 g/mol. The topological polar surface area (TPSA) is 115 Å². The molecule has 2 fully saturated rings. The van der Waals surface area contributed by atoms with Crippen LogP contribution < -0.4 is 10.6 Å². The first-order valence-corrected chi connectivity index (χ1v) is 13.7. The van der Waals surface area contributed by atoms with Gasteiger partial charge in [0.05, 0.1) is 22.2 Å². The molecular weight excluding hydrogens is 486 g/mol. The van der Waals surface area contributed by atoms with Crippen LogP contribution in [0.25, 0.3) is 10.4 Å². The Morgan fingerprint density at radius 1 is 1.27 bits per heavy atom. The van der Waals surface area contributed by atoms with Crippen molar-refractivity contribution in [2.45, 2.75) is 78.9 Å². The Balaban J connectivity index is 1.42. The number of hydrogen-bond donors (Lipinski definition) is 2. The van der Waals surface area contributed by atoms with Crippen molar-refractivity contribution < 1.29 is 14.4 Å². The predicted octanol–water partition coefficient (Wildman–Crippen LogP) is 3.87.